The van der Waals surface area contributed by atoms with Crippen molar-refractivity contribution in [3.05, 3.63) is 103 Å². The molecule has 0 aliphatic heterocycles. The van der Waals surface area contributed by atoms with Gasteiger partial charge >= 0.3 is 0 Å². The van der Waals surface area contributed by atoms with Crippen molar-refractivity contribution in [2.24, 2.45) is 5.10 Å². The van der Waals surface area contributed by atoms with E-state index in [0.29, 0.717) is 5.39 Å². The number of rotatable bonds is 4. The maximum absolute atomic E-state index is 13.2. The van der Waals surface area contributed by atoms with Crippen LogP contribution in [0.15, 0.2) is 82.3 Å². The first-order valence-electron chi connectivity index (χ1n) is 10.1. The number of aryl methyl sites for hydroxylation is 1. The Morgan fingerprint density at radius 3 is 2.56 bits per heavy atom. The van der Waals surface area contributed by atoms with E-state index in [-0.39, 0.29) is 5.56 Å². The lowest BCUT2D eigenvalue weighted by Crippen LogP contribution is -2.16. The Labute approximate surface area is 202 Å². The summed E-state index contributed by atoms with van der Waals surface area (Å²) in [6.45, 7) is 4.13. The molecular formula is C25H19IN4OS. The van der Waals surface area contributed by atoms with Crippen molar-refractivity contribution in [3.8, 4) is 16.8 Å². The Morgan fingerprint density at radius 2 is 1.81 bits per heavy atom. The van der Waals surface area contributed by atoms with Gasteiger partial charge in [-0.3, -0.25) is 4.79 Å². The van der Waals surface area contributed by atoms with Crippen LogP contribution in [0.2, 0.25) is 0 Å². The molecule has 3 aromatic heterocycles. The van der Waals surface area contributed by atoms with Crippen LogP contribution in [0.1, 0.15) is 17.0 Å². The van der Waals surface area contributed by atoms with Gasteiger partial charge in [0.05, 0.1) is 11.6 Å². The van der Waals surface area contributed by atoms with Crippen molar-refractivity contribution < 1.29 is 0 Å². The van der Waals surface area contributed by atoms with Gasteiger partial charge in [0.1, 0.15) is 11.2 Å². The molecule has 0 unspecified atom stereocenters. The van der Waals surface area contributed by atoms with Crippen LogP contribution in [-0.4, -0.2) is 20.4 Å². The molecule has 0 aliphatic carbocycles. The van der Waals surface area contributed by atoms with E-state index in [1.165, 1.54) is 25.9 Å². The number of hydrogen-bond donors (Lipinski definition) is 0. The molecule has 0 N–H and O–H groups in total. The van der Waals surface area contributed by atoms with E-state index in [1.807, 2.05) is 35.7 Å². The van der Waals surface area contributed by atoms with Gasteiger partial charge in [0.15, 0.2) is 0 Å². The van der Waals surface area contributed by atoms with Crippen molar-refractivity contribution in [2.75, 3.05) is 0 Å². The predicted molar refractivity (Wildman–Crippen MR) is 140 cm³/mol. The second-order valence-electron chi connectivity index (χ2n) is 7.47. The summed E-state index contributed by atoms with van der Waals surface area (Å²) in [5.41, 5.74) is 5.96. The molecule has 32 heavy (non-hydrogen) atoms. The second-order valence-corrected chi connectivity index (χ2v) is 9.58. The van der Waals surface area contributed by atoms with Gasteiger partial charge in [0.25, 0.3) is 5.56 Å². The Morgan fingerprint density at radius 1 is 1.06 bits per heavy atom. The summed E-state index contributed by atoms with van der Waals surface area (Å²) < 4.78 is 4.70. The van der Waals surface area contributed by atoms with Gasteiger partial charge in [0.2, 0.25) is 0 Å². The van der Waals surface area contributed by atoms with Gasteiger partial charge in [-0.2, -0.15) is 9.78 Å². The van der Waals surface area contributed by atoms with Gasteiger partial charge in [-0.15, -0.1) is 11.3 Å². The molecule has 158 valence electrons. The fraction of sp³-hybridized carbons (Fsp3) is 0.0800. The van der Waals surface area contributed by atoms with Gasteiger partial charge in [0, 0.05) is 37.2 Å². The number of halogens is 1. The molecule has 0 radical (unpaired) electrons. The normalized spacial score (nSPS) is 11.6. The van der Waals surface area contributed by atoms with Crippen LogP contribution >= 0.6 is 33.9 Å². The van der Waals surface area contributed by atoms with E-state index in [4.69, 9.17) is 0 Å². The SMILES string of the molecule is Cc1cc(/C=N/n2cnc3scc(-c4ccccc4)c3c2=O)c(C)n1-c1ccc(I)cc1. The summed E-state index contributed by atoms with van der Waals surface area (Å²) in [7, 11) is 0. The number of benzene rings is 2. The molecule has 0 fully saturated rings. The maximum atomic E-state index is 13.2. The fourth-order valence-corrected chi connectivity index (χ4v) is 5.13. The first kappa shape index (κ1) is 20.8. The van der Waals surface area contributed by atoms with Crippen molar-refractivity contribution in [1.82, 2.24) is 14.2 Å². The quantitative estimate of drug-likeness (QED) is 0.203. The molecule has 5 nitrogen and oxygen atoms in total. The Kier molecular flexibility index (Phi) is 5.52. The highest BCUT2D eigenvalue weighted by molar-refractivity contribution is 14.1. The van der Waals surface area contributed by atoms with Crippen LogP contribution in [0.25, 0.3) is 27.0 Å². The minimum atomic E-state index is -0.169. The Bertz CT molecular complexity index is 1510. The van der Waals surface area contributed by atoms with E-state index in [9.17, 15) is 4.79 Å². The molecule has 0 saturated carbocycles. The standard InChI is InChI=1S/C25H19IN4OS/c1-16-12-19(17(2)30(16)21-10-8-20(26)9-11-21)13-28-29-15-27-24-23(25(29)31)22(14-32-24)18-6-4-3-5-7-18/h3-15H,1-2H3/b28-13+. The largest absolute Gasteiger partial charge is 0.318 e. The zero-order chi connectivity index (χ0) is 22.2. The molecule has 5 rings (SSSR count). The number of nitrogens with zero attached hydrogens (tertiary/aromatic N) is 4. The number of hydrogen-bond acceptors (Lipinski definition) is 4. The highest BCUT2D eigenvalue weighted by Gasteiger charge is 2.13. The molecule has 0 spiro atoms. The minimum Gasteiger partial charge on any atom is -0.318 e. The van der Waals surface area contributed by atoms with Gasteiger partial charge in [-0.25, -0.2) is 4.98 Å². The van der Waals surface area contributed by atoms with E-state index >= 15 is 0 Å². The Balaban J connectivity index is 1.55. The van der Waals surface area contributed by atoms with Crippen LogP contribution < -0.4 is 5.56 Å². The number of fused-ring (bicyclic) bond motifs is 1. The molecule has 0 saturated heterocycles. The third-order valence-corrected chi connectivity index (χ3v) is 7.04. The summed E-state index contributed by atoms with van der Waals surface area (Å²) in [5, 5.41) is 7.06. The molecule has 0 amide bonds. The fourth-order valence-electron chi connectivity index (χ4n) is 3.87. The monoisotopic (exact) mass is 550 g/mol. The molecular weight excluding hydrogens is 531 g/mol. The predicted octanol–water partition coefficient (Wildman–Crippen LogP) is 6.02. The lowest BCUT2D eigenvalue weighted by Gasteiger charge is -2.09. The number of aromatic nitrogens is 3. The van der Waals surface area contributed by atoms with Crippen LogP contribution in [0.4, 0.5) is 0 Å². The third kappa shape index (κ3) is 3.71. The van der Waals surface area contributed by atoms with Crippen LogP contribution in [-0.2, 0) is 0 Å². The smallest absolute Gasteiger partial charge is 0.283 e. The maximum Gasteiger partial charge on any atom is 0.283 e. The molecule has 5 aromatic rings. The Hall–Kier alpha value is -3.04. The third-order valence-electron chi connectivity index (χ3n) is 5.44. The second kappa shape index (κ2) is 8.48. The lowest BCUT2D eigenvalue weighted by atomic mass is 10.1. The first-order chi connectivity index (χ1) is 15.5. The van der Waals surface area contributed by atoms with E-state index in [1.54, 1.807) is 6.21 Å². The highest BCUT2D eigenvalue weighted by Crippen LogP contribution is 2.30. The molecule has 2 aromatic carbocycles. The molecule has 0 atom stereocenters. The first-order valence-corrected chi connectivity index (χ1v) is 12.0. The summed E-state index contributed by atoms with van der Waals surface area (Å²) in [4.78, 5) is 18.4. The number of thiophene rings is 1. The van der Waals surface area contributed by atoms with Crippen molar-refractivity contribution in [1.29, 1.82) is 0 Å². The summed E-state index contributed by atoms with van der Waals surface area (Å²) in [6, 6.07) is 20.4. The topological polar surface area (TPSA) is 52.2 Å². The highest BCUT2D eigenvalue weighted by atomic mass is 127. The molecule has 0 aliphatic rings. The van der Waals surface area contributed by atoms with Crippen LogP contribution in [0.3, 0.4) is 0 Å². The van der Waals surface area contributed by atoms with Crippen molar-refractivity contribution in [2.45, 2.75) is 13.8 Å². The minimum absolute atomic E-state index is 0.169. The van der Waals surface area contributed by atoms with Crippen LogP contribution in [0, 0.1) is 17.4 Å². The van der Waals surface area contributed by atoms with E-state index < -0.39 is 0 Å². The summed E-state index contributed by atoms with van der Waals surface area (Å²) in [6.07, 6.45) is 3.22. The zero-order valence-electron chi connectivity index (χ0n) is 17.5. The van der Waals surface area contributed by atoms with Crippen molar-refractivity contribution in [3.63, 3.8) is 0 Å². The van der Waals surface area contributed by atoms with Gasteiger partial charge in [-0.05, 0) is 72.3 Å². The summed E-state index contributed by atoms with van der Waals surface area (Å²) in [5.74, 6) is 0. The summed E-state index contributed by atoms with van der Waals surface area (Å²) >= 11 is 3.78. The lowest BCUT2D eigenvalue weighted by molar-refractivity contribution is 0.818. The van der Waals surface area contributed by atoms with E-state index in [2.05, 4.69) is 81.4 Å². The van der Waals surface area contributed by atoms with E-state index in [0.717, 1.165) is 38.6 Å². The average Bonchev–Trinajstić information content (AvgIpc) is 3.36. The molecule has 3 heterocycles. The average molecular weight is 550 g/mol. The molecule has 0 bridgehead atoms. The van der Waals surface area contributed by atoms with Crippen LogP contribution in [0.5, 0.6) is 0 Å². The zero-order valence-corrected chi connectivity index (χ0v) is 20.5. The molecule has 7 heteroatoms. The van der Waals surface area contributed by atoms with Crippen molar-refractivity contribution >= 4 is 50.4 Å². The van der Waals surface area contributed by atoms with Gasteiger partial charge in [-0.1, -0.05) is 30.3 Å². The van der Waals surface area contributed by atoms with Gasteiger partial charge < -0.3 is 4.57 Å².